The number of thiophene rings is 1. The van der Waals surface area contributed by atoms with Crippen LogP contribution in [0.2, 0.25) is 0 Å². The molecule has 0 radical (unpaired) electrons. The van der Waals surface area contributed by atoms with Crippen molar-refractivity contribution in [3.8, 4) is 6.07 Å². The average molecular weight is 386 g/mol. The number of fused-ring (bicyclic) bond motifs is 2. The summed E-state index contributed by atoms with van der Waals surface area (Å²) < 4.78 is 2.31. The van der Waals surface area contributed by atoms with Crippen LogP contribution in [0.25, 0.3) is 0 Å². The topological polar surface area (TPSA) is 133 Å². The van der Waals surface area contributed by atoms with Crippen LogP contribution in [0.1, 0.15) is 50.7 Å². The number of nitrogens with one attached hydrogen (secondary N) is 2. The Bertz CT molecular complexity index is 1150. The van der Waals surface area contributed by atoms with Gasteiger partial charge in [-0.2, -0.15) is 10.4 Å². The third-order valence-electron chi connectivity index (χ3n) is 4.69. The smallest absolute Gasteiger partial charge is 0.358 e. The number of hydrogen-bond acceptors (Lipinski definition) is 6. The highest BCUT2D eigenvalue weighted by Gasteiger charge is 2.37. The number of aromatic nitrogens is 4. The number of carbonyl (C=O) groups excluding carboxylic acids is 1. The first-order valence-electron chi connectivity index (χ1n) is 8.43. The molecule has 3 heterocycles. The number of nitriles is 1. The number of H-pyrrole nitrogens is 1. The lowest BCUT2D eigenvalue weighted by molar-refractivity contribution is -0.682. The summed E-state index contributed by atoms with van der Waals surface area (Å²) in [4.78, 5) is 24.7. The molecule has 0 saturated carbocycles. The standard InChI is InChI=1S/C16H15N7O3S/c1-8-13(21-20-9(2)16(23(25)26)22(21)19-8)14(24)18-15-11(7-17)10-5-3-4-6-12(10)27-15/h3-6H2,1-2H3,(H-,18,19,20,24)/p+1. The summed E-state index contributed by atoms with van der Waals surface area (Å²) in [6, 6.07) is 2.21. The van der Waals surface area contributed by atoms with Crippen LogP contribution in [0.5, 0.6) is 0 Å². The summed E-state index contributed by atoms with van der Waals surface area (Å²) in [5, 5.41) is 31.0. The van der Waals surface area contributed by atoms with E-state index in [2.05, 4.69) is 21.6 Å². The highest BCUT2D eigenvalue weighted by atomic mass is 32.1. The van der Waals surface area contributed by atoms with Gasteiger partial charge in [0.05, 0.1) is 5.56 Å². The number of nitro groups is 1. The number of aryl methyl sites for hydroxylation is 3. The van der Waals surface area contributed by atoms with Crippen molar-refractivity contribution in [3.63, 3.8) is 0 Å². The molecule has 27 heavy (non-hydrogen) atoms. The second-order valence-corrected chi connectivity index (χ2v) is 7.54. The molecule has 3 aromatic heterocycles. The Balaban J connectivity index is 1.76. The van der Waals surface area contributed by atoms with Gasteiger partial charge in [-0.1, -0.05) is 0 Å². The normalized spacial score (nSPS) is 13.4. The number of nitrogens with zero attached hydrogens (tertiary/aromatic N) is 5. The van der Waals surface area contributed by atoms with E-state index in [1.165, 1.54) is 22.9 Å². The van der Waals surface area contributed by atoms with Crippen molar-refractivity contribution >= 4 is 28.1 Å². The van der Waals surface area contributed by atoms with Crippen LogP contribution in [-0.4, -0.2) is 25.7 Å². The molecule has 0 atom stereocenters. The van der Waals surface area contributed by atoms with E-state index in [1.54, 1.807) is 6.92 Å². The maximum atomic E-state index is 12.9. The molecule has 2 N–H and O–H groups in total. The fourth-order valence-electron chi connectivity index (χ4n) is 3.49. The van der Waals surface area contributed by atoms with Gasteiger partial charge < -0.3 is 15.4 Å². The molecule has 0 saturated heterocycles. The van der Waals surface area contributed by atoms with Gasteiger partial charge in [-0.15, -0.1) is 11.3 Å². The molecule has 0 unspecified atom stereocenters. The molecule has 10 nitrogen and oxygen atoms in total. The van der Waals surface area contributed by atoms with E-state index in [9.17, 15) is 20.2 Å². The number of carbonyl (C=O) groups is 1. The second kappa shape index (κ2) is 6.17. The van der Waals surface area contributed by atoms with Crippen LogP contribution >= 0.6 is 11.3 Å². The van der Waals surface area contributed by atoms with Gasteiger partial charge >= 0.3 is 17.4 Å². The molecule has 0 spiro atoms. The summed E-state index contributed by atoms with van der Waals surface area (Å²) in [7, 11) is 0. The van der Waals surface area contributed by atoms with E-state index in [0.717, 1.165) is 40.8 Å². The Morgan fingerprint density at radius 1 is 1.44 bits per heavy atom. The van der Waals surface area contributed by atoms with Crippen LogP contribution in [-0.2, 0) is 12.8 Å². The van der Waals surface area contributed by atoms with Crippen LogP contribution in [0, 0.1) is 35.3 Å². The molecule has 4 rings (SSSR count). The van der Waals surface area contributed by atoms with Gasteiger partial charge in [-0.3, -0.25) is 4.79 Å². The van der Waals surface area contributed by atoms with E-state index in [4.69, 9.17) is 0 Å². The molecule has 11 heteroatoms. The van der Waals surface area contributed by atoms with Crippen LogP contribution in [0.15, 0.2) is 0 Å². The molecule has 0 fully saturated rings. The van der Waals surface area contributed by atoms with E-state index < -0.39 is 10.8 Å². The average Bonchev–Trinajstić information content (AvgIpc) is 3.21. The third-order valence-corrected chi connectivity index (χ3v) is 5.89. The maximum Gasteiger partial charge on any atom is 0.436 e. The molecule has 1 amide bonds. The zero-order valence-corrected chi connectivity index (χ0v) is 15.5. The largest absolute Gasteiger partial charge is 0.436 e. The highest BCUT2D eigenvalue weighted by molar-refractivity contribution is 7.16. The number of hydrogen-bond donors (Lipinski definition) is 2. The number of rotatable bonds is 3. The zero-order chi connectivity index (χ0) is 19.3. The maximum absolute atomic E-state index is 12.9. The van der Waals surface area contributed by atoms with Crippen LogP contribution in [0.3, 0.4) is 0 Å². The lowest BCUT2D eigenvalue weighted by Crippen LogP contribution is -2.37. The number of aromatic amines is 1. The van der Waals surface area contributed by atoms with E-state index >= 15 is 0 Å². The summed E-state index contributed by atoms with van der Waals surface area (Å²) in [5.41, 5.74) is 2.32. The first kappa shape index (κ1) is 17.2. The van der Waals surface area contributed by atoms with E-state index in [0.29, 0.717) is 16.3 Å². The van der Waals surface area contributed by atoms with Gasteiger partial charge in [0.25, 0.3) is 5.69 Å². The molecule has 3 aromatic rings. The SMILES string of the molecule is Cc1nn2c([N+](=O)[O-])c(C)[nH][n+]2c1C(=O)Nc1sc2c(c1C#N)CCCC2. The van der Waals surface area contributed by atoms with Gasteiger partial charge in [-0.05, 0) is 43.1 Å². The third kappa shape index (κ3) is 2.57. The Labute approximate surface area is 157 Å². The quantitative estimate of drug-likeness (QED) is 0.402. The van der Waals surface area contributed by atoms with Gasteiger partial charge in [0, 0.05) is 16.4 Å². The van der Waals surface area contributed by atoms with Crippen molar-refractivity contribution in [1.29, 1.82) is 5.26 Å². The molecule has 0 aromatic carbocycles. The van der Waals surface area contributed by atoms with Crippen LogP contribution < -0.4 is 9.95 Å². The van der Waals surface area contributed by atoms with E-state index in [-0.39, 0.29) is 17.2 Å². The van der Waals surface area contributed by atoms with Crippen LogP contribution in [0.4, 0.5) is 10.8 Å². The predicted octanol–water partition coefficient (Wildman–Crippen LogP) is 1.84. The summed E-state index contributed by atoms with van der Waals surface area (Å²) in [6.07, 6.45) is 3.88. The minimum Gasteiger partial charge on any atom is -0.358 e. The van der Waals surface area contributed by atoms with Crippen molar-refractivity contribution in [1.82, 2.24) is 14.8 Å². The van der Waals surface area contributed by atoms with Gasteiger partial charge in [0.15, 0.2) is 10.3 Å². The zero-order valence-electron chi connectivity index (χ0n) is 14.7. The van der Waals surface area contributed by atoms with Gasteiger partial charge in [-0.25, -0.2) is 0 Å². The summed E-state index contributed by atoms with van der Waals surface area (Å²) in [5.74, 6) is -0.708. The second-order valence-electron chi connectivity index (χ2n) is 6.43. The first-order valence-corrected chi connectivity index (χ1v) is 9.24. The molecule has 138 valence electrons. The molecular formula is C16H16N7O3S+. The van der Waals surface area contributed by atoms with E-state index in [1.807, 2.05) is 0 Å². The highest BCUT2D eigenvalue weighted by Crippen LogP contribution is 2.37. The van der Waals surface area contributed by atoms with Gasteiger partial charge in [0.2, 0.25) is 0 Å². The Morgan fingerprint density at radius 3 is 2.89 bits per heavy atom. The van der Waals surface area contributed by atoms with Crippen molar-refractivity contribution in [2.45, 2.75) is 39.5 Å². The van der Waals surface area contributed by atoms with Crippen molar-refractivity contribution < 1.29 is 14.3 Å². The molecule has 0 bridgehead atoms. The molecule has 0 aliphatic heterocycles. The summed E-state index contributed by atoms with van der Waals surface area (Å²) in [6.45, 7) is 3.14. The molecular weight excluding hydrogens is 370 g/mol. The minimum absolute atomic E-state index is 0.154. The lowest BCUT2D eigenvalue weighted by atomic mass is 9.96. The minimum atomic E-state index is -0.554. The number of anilines is 1. The molecule has 1 aliphatic carbocycles. The summed E-state index contributed by atoms with van der Waals surface area (Å²) >= 11 is 1.43. The Hall–Kier alpha value is -3.26. The van der Waals surface area contributed by atoms with Crippen molar-refractivity contribution in [2.24, 2.45) is 0 Å². The fraction of sp³-hybridized carbons (Fsp3) is 0.375. The van der Waals surface area contributed by atoms with Crippen molar-refractivity contribution in [2.75, 3.05) is 5.32 Å². The Morgan fingerprint density at radius 2 is 2.19 bits per heavy atom. The monoisotopic (exact) mass is 386 g/mol. The lowest BCUT2D eigenvalue weighted by Gasteiger charge is -2.09. The van der Waals surface area contributed by atoms with Crippen molar-refractivity contribution in [3.05, 3.63) is 43.2 Å². The Kier molecular flexibility index (Phi) is 3.92. The molecule has 1 aliphatic rings. The van der Waals surface area contributed by atoms with Gasteiger partial charge in [0.1, 0.15) is 16.2 Å². The first-order chi connectivity index (χ1) is 12.9. The number of amides is 1. The predicted molar refractivity (Wildman–Crippen MR) is 95.0 cm³/mol. The fourth-order valence-corrected chi connectivity index (χ4v) is 4.73.